The van der Waals surface area contributed by atoms with Gasteiger partial charge in [-0.05, 0) is 25.7 Å². The molecule has 1 N–H and O–H groups in total. The zero-order chi connectivity index (χ0) is 10.2. The Balaban J connectivity index is 2.07. The van der Waals surface area contributed by atoms with Crippen molar-refractivity contribution in [1.29, 1.82) is 0 Å². The Hall–Kier alpha value is -0.720. The molecule has 0 amide bonds. The molecule has 0 radical (unpaired) electrons. The molecule has 1 saturated heterocycles. The predicted octanol–water partition coefficient (Wildman–Crippen LogP) is 2.03. The molecule has 0 saturated carbocycles. The maximum Gasteiger partial charge on any atom is 0.147 e. The predicted molar refractivity (Wildman–Crippen MR) is 53.1 cm³/mol. The number of hydrogen-bond acceptors (Lipinski definition) is 3. The van der Waals surface area contributed by atoms with Crippen molar-refractivity contribution in [1.82, 2.24) is 0 Å². The van der Waals surface area contributed by atoms with E-state index in [1.54, 1.807) is 0 Å². The second-order valence-corrected chi connectivity index (χ2v) is 3.47. The topological polar surface area (TPSA) is 38.7 Å². The van der Waals surface area contributed by atoms with Crippen LogP contribution in [0.4, 0.5) is 0 Å². The third-order valence-electron chi connectivity index (χ3n) is 2.50. The first kappa shape index (κ1) is 11.4. The SMILES string of the molecule is CCC1OCOC1CCCCC#CO. The molecule has 1 rings (SSSR count). The highest BCUT2D eigenvalue weighted by Crippen LogP contribution is 2.20. The van der Waals surface area contributed by atoms with Gasteiger partial charge in [-0.15, -0.1) is 0 Å². The van der Waals surface area contributed by atoms with Crippen molar-refractivity contribution in [3.8, 4) is 12.0 Å². The molecule has 1 aliphatic rings. The second-order valence-electron chi connectivity index (χ2n) is 3.47. The van der Waals surface area contributed by atoms with Crippen LogP contribution in [0.3, 0.4) is 0 Å². The minimum Gasteiger partial charge on any atom is -0.462 e. The molecule has 2 unspecified atom stereocenters. The molecule has 0 aromatic carbocycles. The largest absolute Gasteiger partial charge is 0.462 e. The van der Waals surface area contributed by atoms with Crippen molar-refractivity contribution in [2.24, 2.45) is 0 Å². The fraction of sp³-hybridized carbons (Fsp3) is 0.818. The van der Waals surface area contributed by atoms with Gasteiger partial charge in [-0.2, -0.15) is 0 Å². The number of rotatable bonds is 5. The van der Waals surface area contributed by atoms with Crippen molar-refractivity contribution >= 4 is 0 Å². The number of aliphatic hydroxyl groups is 1. The molecule has 0 aromatic heterocycles. The van der Waals surface area contributed by atoms with Gasteiger partial charge in [0, 0.05) is 6.42 Å². The first-order chi connectivity index (χ1) is 6.88. The Kier molecular flexibility index (Phi) is 5.43. The van der Waals surface area contributed by atoms with Gasteiger partial charge in [-0.3, -0.25) is 0 Å². The van der Waals surface area contributed by atoms with Crippen molar-refractivity contribution in [2.45, 2.75) is 51.2 Å². The molecule has 1 fully saturated rings. The zero-order valence-corrected chi connectivity index (χ0v) is 8.66. The van der Waals surface area contributed by atoms with Crippen molar-refractivity contribution in [3.63, 3.8) is 0 Å². The van der Waals surface area contributed by atoms with E-state index in [2.05, 4.69) is 12.8 Å². The highest BCUT2D eigenvalue weighted by atomic mass is 16.7. The van der Waals surface area contributed by atoms with Gasteiger partial charge in [0.05, 0.1) is 12.2 Å². The number of unbranched alkanes of at least 4 members (excludes halogenated alkanes) is 2. The van der Waals surface area contributed by atoms with E-state index in [4.69, 9.17) is 14.6 Å². The van der Waals surface area contributed by atoms with E-state index in [0.29, 0.717) is 6.79 Å². The summed E-state index contributed by atoms with van der Waals surface area (Å²) in [6.45, 7) is 2.56. The van der Waals surface area contributed by atoms with E-state index < -0.39 is 0 Å². The van der Waals surface area contributed by atoms with Crippen LogP contribution in [0.2, 0.25) is 0 Å². The summed E-state index contributed by atoms with van der Waals surface area (Å²) in [4.78, 5) is 0. The highest BCUT2D eigenvalue weighted by Gasteiger charge is 2.26. The molecule has 0 aliphatic carbocycles. The lowest BCUT2D eigenvalue weighted by molar-refractivity contribution is 0.0368. The van der Waals surface area contributed by atoms with Crippen molar-refractivity contribution in [2.75, 3.05) is 6.79 Å². The number of hydrogen-bond donors (Lipinski definition) is 1. The van der Waals surface area contributed by atoms with Crippen LogP contribution in [-0.2, 0) is 9.47 Å². The van der Waals surface area contributed by atoms with E-state index in [0.717, 1.165) is 32.1 Å². The lowest BCUT2D eigenvalue weighted by atomic mass is 10.0. The molecular formula is C11H18O3. The fourth-order valence-corrected chi connectivity index (χ4v) is 1.69. The van der Waals surface area contributed by atoms with E-state index in [-0.39, 0.29) is 12.2 Å². The standard InChI is InChI=1S/C11H18O3/c1-2-10-11(14-9-13-10)7-5-3-4-6-8-12/h10-12H,2-5,7,9H2,1H3. The van der Waals surface area contributed by atoms with Crippen LogP contribution < -0.4 is 0 Å². The Morgan fingerprint density at radius 1 is 1.29 bits per heavy atom. The number of aliphatic hydroxyl groups excluding tert-OH is 1. The molecule has 1 heterocycles. The van der Waals surface area contributed by atoms with Crippen molar-refractivity contribution < 1.29 is 14.6 Å². The average molecular weight is 198 g/mol. The first-order valence-electron chi connectivity index (χ1n) is 5.23. The highest BCUT2D eigenvalue weighted by molar-refractivity contribution is 4.89. The van der Waals surface area contributed by atoms with Crippen LogP contribution in [0.1, 0.15) is 39.0 Å². The molecule has 14 heavy (non-hydrogen) atoms. The third kappa shape index (κ3) is 3.57. The normalized spacial score (nSPS) is 25.8. The monoisotopic (exact) mass is 198 g/mol. The summed E-state index contributed by atoms with van der Waals surface area (Å²) in [5.41, 5.74) is 0. The van der Waals surface area contributed by atoms with Gasteiger partial charge in [0.25, 0.3) is 0 Å². The van der Waals surface area contributed by atoms with Crippen LogP contribution in [0, 0.1) is 12.0 Å². The average Bonchev–Trinajstić information content (AvgIpc) is 2.65. The van der Waals surface area contributed by atoms with E-state index >= 15 is 0 Å². The fourth-order valence-electron chi connectivity index (χ4n) is 1.69. The molecule has 0 spiro atoms. The van der Waals surface area contributed by atoms with E-state index in [1.807, 2.05) is 6.11 Å². The summed E-state index contributed by atoms with van der Waals surface area (Å²) >= 11 is 0. The lowest BCUT2D eigenvalue weighted by Gasteiger charge is -2.14. The lowest BCUT2D eigenvalue weighted by Crippen LogP contribution is -2.21. The van der Waals surface area contributed by atoms with Gasteiger partial charge in [0.2, 0.25) is 0 Å². The maximum atomic E-state index is 8.25. The van der Waals surface area contributed by atoms with Gasteiger partial charge in [-0.1, -0.05) is 12.8 Å². The van der Waals surface area contributed by atoms with Gasteiger partial charge < -0.3 is 14.6 Å². The van der Waals surface area contributed by atoms with Crippen molar-refractivity contribution in [3.05, 3.63) is 0 Å². The van der Waals surface area contributed by atoms with E-state index in [1.165, 1.54) is 0 Å². The molecular weight excluding hydrogens is 180 g/mol. The zero-order valence-electron chi connectivity index (χ0n) is 8.66. The smallest absolute Gasteiger partial charge is 0.147 e. The summed E-state index contributed by atoms with van der Waals surface area (Å²) in [7, 11) is 0. The first-order valence-corrected chi connectivity index (χ1v) is 5.23. The quantitative estimate of drug-likeness (QED) is 0.542. The number of ether oxygens (including phenoxy) is 2. The minimum absolute atomic E-state index is 0.266. The van der Waals surface area contributed by atoms with Gasteiger partial charge in [0.1, 0.15) is 12.9 Å². The third-order valence-corrected chi connectivity index (χ3v) is 2.50. The molecule has 3 nitrogen and oxygen atoms in total. The second kappa shape index (κ2) is 6.69. The summed E-state index contributed by atoms with van der Waals surface area (Å²) in [6.07, 6.45) is 7.37. The molecule has 0 aromatic rings. The van der Waals surface area contributed by atoms with Gasteiger partial charge >= 0.3 is 0 Å². The Bertz CT molecular complexity index is 204. The Morgan fingerprint density at radius 2 is 2.07 bits per heavy atom. The van der Waals surface area contributed by atoms with Crippen LogP contribution in [-0.4, -0.2) is 24.1 Å². The van der Waals surface area contributed by atoms with Gasteiger partial charge in [-0.25, -0.2) is 0 Å². The molecule has 3 heteroatoms. The molecule has 80 valence electrons. The summed E-state index contributed by atoms with van der Waals surface area (Å²) in [5.74, 6) is 2.63. The molecule has 1 aliphatic heterocycles. The van der Waals surface area contributed by atoms with Crippen LogP contribution in [0.15, 0.2) is 0 Å². The molecule has 0 bridgehead atoms. The van der Waals surface area contributed by atoms with Crippen LogP contribution >= 0.6 is 0 Å². The van der Waals surface area contributed by atoms with E-state index in [9.17, 15) is 0 Å². The Labute approximate surface area is 85.4 Å². The van der Waals surface area contributed by atoms with Crippen LogP contribution in [0.25, 0.3) is 0 Å². The summed E-state index contributed by atoms with van der Waals surface area (Å²) < 4.78 is 10.9. The molecule has 2 atom stereocenters. The summed E-state index contributed by atoms with van der Waals surface area (Å²) in [6, 6.07) is 0. The minimum atomic E-state index is 0.266. The van der Waals surface area contributed by atoms with Crippen LogP contribution in [0.5, 0.6) is 0 Å². The maximum absolute atomic E-state index is 8.25. The van der Waals surface area contributed by atoms with Gasteiger partial charge in [0.15, 0.2) is 0 Å². The summed E-state index contributed by atoms with van der Waals surface area (Å²) in [5, 5.41) is 8.25. The Morgan fingerprint density at radius 3 is 2.79 bits per heavy atom.